The van der Waals surface area contributed by atoms with Crippen LogP contribution < -0.4 is 0 Å². The summed E-state index contributed by atoms with van der Waals surface area (Å²) < 4.78 is 5.60. The first-order valence-electron chi connectivity index (χ1n) is 6.59. The lowest BCUT2D eigenvalue weighted by Gasteiger charge is -2.01. The first kappa shape index (κ1) is 13.7. The Labute approximate surface area is 115 Å². The van der Waals surface area contributed by atoms with Gasteiger partial charge in [0, 0.05) is 10.6 Å². The molecule has 98 valence electrons. The summed E-state index contributed by atoms with van der Waals surface area (Å²) in [5, 5.41) is 0. The summed E-state index contributed by atoms with van der Waals surface area (Å²) in [7, 11) is 0. The molecule has 1 saturated heterocycles. The number of hydrogen-bond donors (Lipinski definition) is 0. The van der Waals surface area contributed by atoms with Crippen molar-refractivity contribution >= 4 is 11.8 Å². The van der Waals surface area contributed by atoms with Crippen molar-refractivity contribution in [3.05, 3.63) is 42.0 Å². The summed E-state index contributed by atoms with van der Waals surface area (Å²) in [4.78, 5) is 1.34. The number of benzene rings is 1. The summed E-state index contributed by atoms with van der Waals surface area (Å²) in [6.45, 7) is 6.56. The molecule has 1 aromatic carbocycles. The van der Waals surface area contributed by atoms with Gasteiger partial charge in [-0.25, -0.2) is 0 Å². The van der Waals surface area contributed by atoms with Crippen molar-refractivity contribution in [1.29, 1.82) is 0 Å². The minimum atomic E-state index is 0.138. The SMILES string of the molecule is CC(=CCSc1ccccc1)CCC1OC1(C)C. The lowest BCUT2D eigenvalue weighted by atomic mass is 10.0. The van der Waals surface area contributed by atoms with E-state index in [0.717, 1.165) is 18.6 Å². The first-order chi connectivity index (χ1) is 8.58. The monoisotopic (exact) mass is 262 g/mol. The summed E-state index contributed by atoms with van der Waals surface area (Å²) in [5.74, 6) is 1.06. The Morgan fingerprint density at radius 2 is 2.00 bits per heavy atom. The molecule has 0 N–H and O–H groups in total. The van der Waals surface area contributed by atoms with E-state index < -0.39 is 0 Å². The van der Waals surface area contributed by atoms with Gasteiger partial charge in [-0.05, 0) is 45.7 Å². The number of thioether (sulfide) groups is 1. The van der Waals surface area contributed by atoms with E-state index in [-0.39, 0.29) is 5.60 Å². The van der Waals surface area contributed by atoms with Gasteiger partial charge in [0.05, 0.1) is 11.7 Å². The zero-order chi connectivity index (χ0) is 13.0. The van der Waals surface area contributed by atoms with Crippen LogP contribution in [0.5, 0.6) is 0 Å². The highest BCUT2D eigenvalue weighted by molar-refractivity contribution is 7.99. The second-order valence-electron chi connectivity index (χ2n) is 5.42. The topological polar surface area (TPSA) is 12.5 Å². The van der Waals surface area contributed by atoms with Crippen LogP contribution in [-0.2, 0) is 4.74 Å². The van der Waals surface area contributed by atoms with Crippen LogP contribution in [0.25, 0.3) is 0 Å². The van der Waals surface area contributed by atoms with Gasteiger partial charge in [0.2, 0.25) is 0 Å². The standard InChI is InChI=1S/C16H22OS/c1-13(9-10-15-16(2,3)17-15)11-12-18-14-7-5-4-6-8-14/h4-8,11,15H,9-10,12H2,1-3H3. The van der Waals surface area contributed by atoms with Gasteiger partial charge in [0.1, 0.15) is 0 Å². The van der Waals surface area contributed by atoms with E-state index in [2.05, 4.69) is 57.2 Å². The summed E-state index contributed by atoms with van der Waals surface area (Å²) in [5.41, 5.74) is 1.61. The highest BCUT2D eigenvalue weighted by atomic mass is 32.2. The van der Waals surface area contributed by atoms with Crippen LogP contribution in [-0.4, -0.2) is 17.5 Å². The van der Waals surface area contributed by atoms with E-state index in [1.54, 1.807) is 0 Å². The van der Waals surface area contributed by atoms with Gasteiger partial charge in [0.15, 0.2) is 0 Å². The molecule has 2 heteroatoms. The van der Waals surface area contributed by atoms with Crippen LogP contribution in [0.15, 0.2) is 46.9 Å². The Morgan fingerprint density at radius 1 is 1.33 bits per heavy atom. The van der Waals surface area contributed by atoms with Crippen LogP contribution in [0.4, 0.5) is 0 Å². The molecule has 1 unspecified atom stereocenters. The molecule has 1 aliphatic heterocycles. The van der Waals surface area contributed by atoms with Crippen molar-refractivity contribution < 1.29 is 4.74 Å². The summed E-state index contributed by atoms with van der Waals surface area (Å²) in [6, 6.07) is 10.6. The average molecular weight is 262 g/mol. The van der Waals surface area contributed by atoms with Gasteiger partial charge in [0.25, 0.3) is 0 Å². The van der Waals surface area contributed by atoms with Crippen molar-refractivity contribution in [2.45, 2.75) is 50.2 Å². The van der Waals surface area contributed by atoms with Crippen LogP contribution >= 0.6 is 11.8 Å². The predicted octanol–water partition coefficient (Wildman–Crippen LogP) is 4.68. The van der Waals surface area contributed by atoms with E-state index in [4.69, 9.17) is 4.74 Å². The Hall–Kier alpha value is -0.730. The molecule has 1 aromatic rings. The number of epoxide rings is 1. The molecule has 0 amide bonds. The summed E-state index contributed by atoms with van der Waals surface area (Å²) >= 11 is 1.89. The number of rotatable bonds is 6. The second-order valence-corrected chi connectivity index (χ2v) is 6.52. The molecule has 1 aliphatic rings. The lowest BCUT2D eigenvalue weighted by molar-refractivity contribution is 0.320. The second kappa shape index (κ2) is 5.94. The van der Waals surface area contributed by atoms with Gasteiger partial charge in [-0.15, -0.1) is 11.8 Å². The fourth-order valence-electron chi connectivity index (χ4n) is 2.00. The Balaban J connectivity index is 1.66. The highest BCUT2D eigenvalue weighted by Crippen LogP contribution is 2.38. The zero-order valence-electron chi connectivity index (χ0n) is 11.5. The molecule has 0 aliphatic carbocycles. The first-order valence-corrected chi connectivity index (χ1v) is 7.58. The third kappa shape index (κ3) is 4.18. The molecule has 0 radical (unpaired) electrons. The molecule has 0 bridgehead atoms. The maximum absolute atomic E-state index is 5.60. The number of ether oxygens (including phenoxy) is 1. The molecular weight excluding hydrogens is 240 g/mol. The Bertz CT molecular complexity index is 408. The predicted molar refractivity (Wildman–Crippen MR) is 79.1 cm³/mol. The van der Waals surface area contributed by atoms with Crippen LogP contribution in [0.2, 0.25) is 0 Å². The van der Waals surface area contributed by atoms with Crippen molar-refractivity contribution in [2.24, 2.45) is 0 Å². The van der Waals surface area contributed by atoms with E-state index in [1.807, 2.05) is 11.8 Å². The molecule has 1 heterocycles. The van der Waals surface area contributed by atoms with Gasteiger partial charge >= 0.3 is 0 Å². The molecule has 0 spiro atoms. The van der Waals surface area contributed by atoms with Crippen LogP contribution in [0.3, 0.4) is 0 Å². The number of hydrogen-bond acceptors (Lipinski definition) is 2. The average Bonchev–Trinajstić information content (AvgIpc) is 2.96. The van der Waals surface area contributed by atoms with Crippen LogP contribution in [0, 0.1) is 0 Å². The molecule has 18 heavy (non-hydrogen) atoms. The highest BCUT2D eigenvalue weighted by Gasteiger charge is 2.46. The minimum Gasteiger partial charge on any atom is -0.367 e. The third-order valence-corrected chi connectivity index (χ3v) is 4.33. The van der Waals surface area contributed by atoms with Crippen LogP contribution in [0.1, 0.15) is 33.6 Å². The molecule has 0 aromatic heterocycles. The van der Waals surface area contributed by atoms with E-state index in [9.17, 15) is 0 Å². The quantitative estimate of drug-likeness (QED) is 0.419. The maximum atomic E-state index is 5.60. The molecular formula is C16H22OS. The van der Waals surface area contributed by atoms with Gasteiger partial charge < -0.3 is 4.74 Å². The van der Waals surface area contributed by atoms with Crippen molar-refractivity contribution in [3.63, 3.8) is 0 Å². The normalized spacial score (nSPS) is 21.9. The Morgan fingerprint density at radius 3 is 2.61 bits per heavy atom. The fourth-order valence-corrected chi connectivity index (χ4v) is 2.91. The number of allylic oxidation sites excluding steroid dienone is 1. The maximum Gasteiger partial charge on any atom is 0.0892 e. The molecule has 0 saturated carbocycles. The largest absolute Gasteiger partial charge is 0.367 e. The van der Waals surface area contributed by atoms with Gasteiger partial charge in [-0.2, -0.15) is 0 Å². The fraction of sp³-hybridized carbons (Fsp3) is 0.500. The van der Waals surface area contributed by atoms with Crippen molar-refractivity contribution in [2.75, 3.05) is 5.75 Å². The molecule has 2 rings (SSSR count). The summed E-state index contributed by atoms with van der Waals surface area (Å²) in [6.07, 6.45) is 5.13. The van der Waals surface area contributed by atoms with E-state index in [0.29, 0.717) is 6.10 Å². The van der Waals surface area contributed by atoms with Gasteiger partial charge in [-0.3, -0.25) is 0 Å². The zero-order valence-corrected chi connectivity index (χ0v) is 12.3. The lowest BCUT2D eigenvalue weighted by Crippen LogP contribution is -2.02. The molecule has 1 atom stereocenters. The smallest absolute Gasteiger partial charge is 0.0892 e. The van der Waals surface area contributed by atoms with Gasteiger partial charge in [-0.1, -0.05) is 29.8 Å². The molecule has 1 nitrogen and oxygen atoms in total. The molecule has 1 fully saturated rings. The van der Waals surface area contributed by atoms with E-state index >= 15 is 0 Å². The Kier molecular flexibility index (Phi) is 4.52. The van der Waals surface area contributed by atoms with E-state index in [1.165, 1.54) is 10.5 Å². The van der Waals surface area contributed by atoms with Crippen molar-refractivity contribution in [1.82, 2.24) is 0 Å². The minimum absolute atomic E-state index is 0.138. The van der Waals surface area contributed by atoms with Crippen molar-refractivity contribution in [3.8, 4) is 0 Å². The third-order valence-electron chi connectivity index (χ3n) is 3.39.